The molecule has 5 nitrogen and oxygen atoms in total. The molecular weight excluding hydrogens is 230 g/mol. The molecular formula is C13H21N3O2. The van der Waals surface area contributed by atoms with Crippen LogP contribution in [-0.4, -0.2) is 29.4 Å². The summed E-state index contributed by atoms with van der Waals surface area (Å²) in [4.78, 5) is 4.57. The van der Waals surface area contributed by atoms with E-state index < -0.39 is 0 Å². The largest absolute Gasteiger partial charge is 0.381 e. The molecule has 1 aliphatic heterocycles. The Kier molecular flexibility index (Phi) is 3.61. The topological polar surface area (TPSA) is 74.2 Å². The van der Waals surface area contributed by atoms with Crippen LogP contribution in [0.3, 0.4) is 0 Å². The summed E-state index contributed by atoms with van der Waals surface area (Å²) < 4.78 is 10.9. The molecule has 2 atom stereocenters. The van der Waals surface area contributed by atoms with Gasteiger partial charge in [0.25, 0.3) is 0 Å². The third-order valence-electron chi connectivity index (χ3n) is 4.15. The van der Waals surface area contributed by atoms with Crippen molar-refractivity contribution in [1.82, 2.24) is 10.1 Å². The number of nitrogens with zero attached hydrogens (tertiary/aromatic N) is 2. The fraction of sp³-hybridized carbons (Fsp3) is 0.846. The molecule has 5 heteroatoms. The van der Waals surface area contributed by atoms with Crippen LogP contribution < -0.4 is 5.73 Å². The minimum atomic E-state index is 0.0728. The molecule has 0 aromatic carbocycles. The van der Waals surface area contributed by atoms with E-state index in [1.807, 2.05) is 0 Å². The minimum Gasteiger partial charge on any atom is -0.381 e. The summed E-state index contributed by atoms with van der Waals surface area (Å²) >= 11 is 0. The Morgan fingerprint density at radius 3 is 2.72 bits per heavy atom. The molecule has 2 unspecified atom stereocenters. The van der Waals surface area contributed by atoms with E-state index in [0.717, 1.165) is 18.9 Å². The van der Waals surface area contributed by atoms with Gasteiger partial charge in [-0.25, -0.2) is 0 Å². The van der Waals surface area contributed by atoms with Crippen LogP contribution in [0.2, 0.25) is 0 Å². The second-order valence-corrected chi connectivity index (χ2v) is 5.46. The van der Waals surface area contributed by atoms with Crippen LogP contribution in [0.4, 0.5) is 0 Å². The normalized spacial score (nSPS) is 30.5. The summed E-state index contributed by atoms with van der Waals surface area (Å²) in [6, 6.07) is 0.0819. The second-order valence-electron chi connectivity index (χ2n) is 5.46. The molecule has 1 saturated carbocycles. The highest BCUT2D eigenvalue weighted by Crippen LogP contribution is 2.32. The number of nitrogens with two attached hydrogens (primary N) is 1. The first-order valence-electron chi connectivity index (χ1n) is 7.01. The summed E-state index contributed by atoms with van der Waals surface area (Å²) in [7, 11) is 0. The van der Waals surface area contributed by atoms with Crippen LogP contribution in [0, 0.1) is 0 Å². The van der Waals surface area contributed by atoms with Gasteiger partial charge in [0.15, 0.2) is 5.82 Å². The van der Waals surface area contributed by atoms with E-state index in [4.69, 9.17) is 15.0 Å². The van der Waals surface area contributed by atoms with Crippen LogP contribution in [0.15, 0.2) is 4.52 Å². The smallest absolute Gasteiger partial charge is 0.233 e. The molecule has 3 rings (SSSR count). The van der Waals surface area contributed by atoms with E-state index in [1.165, 1.54) is 32.1 Å². The lowest BCUT2D eigenvalue weighted by Gasteiger charge is -2.25. The molecule has 1 saturated heterocycles. The SMILES string of the molecule is NC1CCOCC1c1nc(C2CCCCC2)no1. The Balaban J connectivity index is 1.71. The average molecular weight is 251 g/mol. The standard InChI is InChI=1S/C13H21N3O2/c14-11-6-7-17-8-10(11)13-15-12(16-18-13)9-4-2-1-3-5-9/h9-11H,1-8,14H2. The van der Waals surface area contributed by atoms with Crippen molar-refractivity contribution in [2.45, 2.75) is 56.4 Å². The summed E-state index contributed by atoms with van der Waals surface area (Å²) in [5.74, 6) is 2.10. The van der Waals surface area contributed by atoms with E-state index >= 15 is 0 Å². The minimum absolute atomic E-state index is 0.0728. The van der Waals surface area contributed by atoms with E-state index in [1.54, 1.807) is 0 Å². The molecule has 0 spiro atoms. The van der Waals surface area contributed by atoms with E-state index in [2.05, 4.69) is 10.1 Å². The van der Waals surface area contributed by atoms with Gasteiger partial charge in [-0.3, -0.25) is 0 Å². The molecule has 0 radical (unpaired) electrons. The van der Waals surface area contributed by atoms with Gasteiger partial charge in [0, 0.05) is 18.6 Å². The van der Waals surface area contributed by atoms with Gasteiger partial charge in [0.05, 0.1) is 12.5 Å². The fourth-order valence-corrected chi connectivity index (χ4v) is 2.93. The highest BCUT2D eigenvalue weighted by atomic mass is 16.5. The Labute approximate surface area is 107 Å². The van der Waals surface area contributed by atoms with Gasteiger partial charge in [0.1, 0.15) is 0 Å². The van der Waals surface area contributed by atoms with Gasteiger partial charge in [-0.2, -0.15) is 4.98 Å². The third-order valence-corrected chi connectivity index (χ3v) is 4.15. The lowest BCUT2D eigenvalue weighted by Crippen LogP contribution is -2.37. The highest BCUT2D eigenvalue weighted by molar-refractivity contribution is 5.03. The van der Waals surface area contributed by atoms with Crippen molar-refractivity contribution in [3.63, 3.8) is 0 Å². The molecule has 18 heavy (non-hydrogen) atoms. The Hall–Kier alpha value is -0.940. The molecule has 1 aromatic rings. The maximum atomic E-state index is 6.09. The Bertz CT molecular complexity index is 387. The van der Waals surface area contributed by atoms with Crippen molar-refractivity contribution >= 4 is 0 Å². The predicted octanol–water partition coefficient (Wildman–Crippen LogP) is 1.95. The molecule has 2 aliphatic rings. The number of aromatic nitrogens is 2. The van der Waals surface area contributed by atoms with Gasteiger partial charge in [-0.05, 0) is 19.3 Å². The molecule has 1 aliphatic carbocycles. The van der Waals surface area contributed by atoms with E-state index in [9.17, 15) is 0 Å². The quantitative estimate of drug-likeness (QED) is 0.869. The molecule has 2 heterocycles. The van der Waals surface area contributed by atoms with Crippen LogP contribution in [0.25, 0.3) is 0 Å². The highest BCUT2D eigenvalue weighted by Gasteiger charge is 2.30. The fourth-order valence-electron chi connectivity index (χ4n) is 2.93. The molecule has 2 N–H and O–H groups in total. The van der Waals surface area contributed by atoms with Gasteiger partial charge in [-0.15, -0.1) is 0 Å². The summed E-state index contributed by atoms with van der Waals surface area (Å²) in [5, 5.41) is 4.15. The van der Waals surface area contributed by atoms with E-state index in [0.29, 0.717) is 18.4 Å². The van der Waals surface area contributed by atoms with Crippen molar-refractivity contribution in [2.75, 3.05) is 13.2 Å². The number of ether oxygens (including phenoxy) is 1. The molecule has 2 fully saturated rings. The maximum absolute atomic E-state index is 6.09. The van der Waals surface area contributed by atoms with Crippen LogP contribution in [-0.2, 0) is 4.74 Å². The van der Waals surface area contributed by atoms with Crippen LogP contribution in [0.1, 0.15) is 62.1 Å². The molecule has 0 amide bonds. The monoisotopic (exact) mass is 251 g/mol. The van der Waals surface area contributed by atoms with Crippen molar-refractivity contribution in [1.29, 1.82) is 0 Å². The summed E-state index contributed by atoms with van der Waals surface area (Å²) in [6.45, 7) is 1.34. The number of hydrogen-bond acceptors (Lipinski definition) is 5. The Morgan fingerprint density at radius 2 is 1.94 bits per heavy atom. The zero-order valence-corrected chi connectivity index (χ0v) is 10.7. The first-order valence-corrected chi connectivity index (χ1v) is 7.01. The van der Waals surface area contributed by atoms with Gasteiger partial charge < -0.3 is 15.0 Å². The first kappa shape index (κ1) is 12.1. The number of rotatable bonds is 2. The Morgan fingerprint density at radius 1 is 1.11 bits per heavy atom. The zero-order chi connectivity index (χ0) is 12.4. The summed E-state index contributed by atoms with van der Waals surface area (Å²) in [5.41, 5.74) is 6.09. The van der Waals surface area contributed by atoms with Crippen molar-refractivity contribution in [3.05, 3.63) is 11.7 Å². The maximum Gasteiger partial charge on any atom is 0.233 e. The van der Waals surface area contributed by atoms with Crippen LogP contribution >= 0.6 is 0 Å². The van der Waals surface area contributed by atoms with Crippen molar-refractivity contribution in [2.24, 2.45) is 5.73 Å². The lowest BCUT2D eigenvalue weighted by molar-refractivity contribution is 0.0590. The molecule has 1 aromatic heterocycles. The average Bonchev–Trinajstić information content (AvgIpc) is 2.90. The predicted molar refractivity (Wildman–Crippen MR) is 66.3 cm³/mol. The first-order chi connectivity index (χ1) is 8.84. The third kappa shape index (κ3) is 2.42. The van der Waals surface area contributed by atoms with Crippen LogP contribution in [0.5, 0.6) is 0 Å². The molecule has 100 valence electrons. The van der Waals surface area contributed by atoms with E-state index in [-0.39, 0.29) is 12.0 Å². The lowest BCUT2D eigenvalue weighted by atomic mass is 9.89. The van der Waals surface area contributed by atoms with Gasteiger partial charge >= 0.3 is 0 Å². The summed E-state index contributed by atoms with van der Waals surface area (Å²) in [6.07, 6.45) is 7.13. The van der Waals surface area contributed by atoms with Crippen molar-refractivity contribution in [3.8, 4) is 0 Å². The second kappa shape index (κ2) is 5.36. The van der Waals surface area contributed by atoms with Gasteiger partial charge in [-0.1, -0.05) is 24.4 Å². The van der Waals surface area contributed by atoms with Gasteiger partial charge in [0.2, 0.25) is 5.89 Å². The zero-order valence-electron chi connectivity index (χ0n) is 10.7. The van der Waals surface area contributed by atoms with Crippen molar-refractivity contribution < 1.29 is 9.26 Å². The number of hydrogen-bond donors (Lipinski definition) is 1. The molecule has 0 bridgehead atoms.